The van der Waals surface area contributed by atoms with Crippen molar-refractivity contribution in [2.45, 2.75) is 51.7 Å². The van der Waals surface area contributed by atoms with Gasteiger partial charge in [0.2, 0.25) is 5.91 Å². The van der Waals surface area contributed by atoms with Crippen LogP contribution in [0.2, 0.25) is 0 Å². The Morgan fingerprint density at radius 2 is 2.00 bits per heavy atom. The number of thiazole rings is 1. The third kappa shape index (κ3) is 5.14. The molecule has 9 heteroatoms. The maximum Gasteiger partial charge on any atom is 0.244 e. The van der Waals surface area contributed by atoms with Crippen LogP contribution in [0.1, 0.15) is 47.3 Å². The van der Waals surface area contributed by atoms with Crippen LogP contribution in [0.4, 0.5) is 0 Å². The summed E-state index contributed by atoms with van der Waals surface area (Å²) in [5.74, 6) is 1.33. The van der Waals surface area contributed by atoms with E-state index in [4.69, 9.17) is 14.6 Å². The molecule has 0 spiro atoms. The molecule has 0 saturated carbocycles. The Bertz CT molecular complexity index is 1160. The van der Waals surface area contributed by atoms with E-state index in [0.717, 1.165) is 59.5 Å². The minimum Gasteiger partial charge on any atom is -0.490 e. The number of nitrogens with zero attached hydrogens (tertiary/aromatic N) is 5. The van der Waals surface area contributed by atoms with Gasteiger partial charge in [-0.15, -0.1) is 11.3 Å². The predicted molar refractivity (Wildman–Crippen MR) is 130 cm³/mol. The van der Waals surface area contributed by atoms with Crippen molar-refractivity contribution in [3.63, 3.8) is 0 Å². The number of ether oxygens (including phenoxy) is 1. The fraction of sp³-hybridized carbons (Fsp3) is 0.440. The number of hydrogen-bond donors (Lipinski definition) is 0. The number of aryl methyl sites for hydroxylation is 2. The Hall–Kier alpha value is -3.20. The van der Waals surface area contributed by atoms with Crippen molar-refractivity contribution in [2.75, 3.05) is 19.7 Å². The van der Waals surface area contributed by atoms with E-state index in [1.807, 2.05) is 55.1 Å². The SMILES string of the molecule is Cc1cc(C)n(CC(=O)N2CCC(c3nc(C4=NOC(COc5ccccc5)C4)cs3)CC2)n1. The Morgan fingerprint density at radius 1 is 1.21 bits per heavy atom. The fourth-order valence-corrected chi connectivity index (χ4v) is 5.42. The second kappa shape index (κ2) is 9.97. The Morgan fingerprint density at radius 3 is 2.74 bits per heavy atom. The molecule has 1 aromatic carbocycles. The molecule has 0 aliphatic carbocycles. The summed E-state index contributed by atoms with van der Waals surface area (Å²) in [5.41, 5.74) is 3.73. The van der Waals surface area contributed by atoms with Gasteiger partial charge < -0.3 is 14.5 Å². The summed E-state index contributed by atoms with van der Waals surface area (Å²) in [6.45, 7) is 6.20. The number of aromatic nitrogens is 3. The van der Waals surface area contributed by atoms with Gasteiger partial charge in [0, 0.05) is 36.5 Å². The second-order valence-electron chi connectivity index (χ2n) is 8.90. The molecule has 0 bridgehead atoms. The number of para-hydroxylation sites is 1. The van der Waals surface area contributed by atoms with Crippen molar-refractivity contribution in [1.82, 2.24) is 19.7 Å². The summed E-state index contributed by atoms with van der Waals surface area (Å²) >= 11 is 1.68. The lowest BCUT2D eigenvalue weighted by molar-refractivity contribution is -0.133. The molecular formula is C25H29N5O3S. The lowest BCUT2D eigenvalue weighted by atomic mass is 9.97. The first-order chi connectivity index (χ1) is 16.5. The molecule has 2 aliphatic rings. The van der Waals surface area contributed by atoms with Gasteiger partial charge in [0.05, 0.1) is 16.4 Å². The fourth-order valence-electron chi connectivity index (χ4n) is 4.42. The normalized spacial score (nSPS) is 18.6. The van der Waals surface area contributed by atoms with Crippen LogP contribution in [0, 0.1) is 13.8 Å². The molecule has 4 heterocycles. The van der Waals surface area contributed by atoms with Crippen LogP contribution >= 0.6 is 11.3 Å². The van der Waals surface area contributed by atoms with Crippen molar-refractivity contribution in [3.05, 3.63) is 63.9 Å². The molecule has 3 aromatic rings. The molecule has 2 aliphatic heterocycles. The van der Waals surface area contributed by atoms with Gasteiger partial charge in [-0.1, -0.05) is 23.4 Å². The number of carbonyl (C=O) groups is 1. The van der Waals surface area contributed by atoms with E-state index in [-0.39, 0.29) is 12.0 Å². The lowest BCUT2D eigenvalue weighted by Crippen LogP contribution is -2.40. The first-order valence-electron chi connectivity index (χ1n) is 11.7. The molecule has 1 fully saturated rings. The number of piperidine rings is 1. The summed E-state index contributed by atoms with van der Waals surface area (Å²) in [6, 6.07) is 11.7. The summed E-state index contributed by atoms with van der Waals surface area (Å²) in [6.07, 6.45) is 2.44. The van der Waals surface area contributed by atoms with Gasteiger partial charge in [-0.25, -0.2) is 4.98 Å². The number of oxime groups is 1. The molecular weight excluding hydrogens is 450 g/mol. The van der Waals surface area contributed by atoms with Crippen molar-refractivity contribution >= 4 is 23.0 Å². The Labute approximate surface area is 203 Å². The number of carbonyl (C=O) groups excluding carboxylic acids is 1. The zero-order chi connectivity index (χ0) is 23.5. The van der Waals surface area contributed by atoms with Crippen LogP contribution in [-0.2, 0) is 16.2 Å². The highest BCUT2D eigenvalue weighted by Crippen LogP contribution is 2.31. The second-order valence-corrected chi connectivity index (χ2v) is 9.79. The quantitative estimate of drug-likeness (QED) is 0.513. The smallest absolute Gasteiger partial charge is 0.244 e. The van der Waals surface area contributed by atoms with Crippen LogP contribution in [0.5, 0.6) is 5.75 Å². The molecule has 2 aromatic heterocycles. The zero-order valence-corrected chi connectivity index (χ0v) is 20.3. The number of hydrogen-bond acceptors (Lipinski definition) is 7. The van der Waals surface area contributed by atoms with Crippen LogP contribution in [0.25, 0.3) is 0 Å². The highest BCUT2D eigenvalue weighted by Gasteiger charge is 2.28. The predicted octanol–water partition coefficient (Wildman–Crippen LogP) is 3.93. The summed E-state index contributed by atoms with van der Waals surface area (Å²) < 4.78 is 7.59. The van der Waals surface area contributed by atoms with Crippen molar-refractivity contribution in [3.8, 4) is 5.75 Å². The molecule has 1 atom stereocenters. The topological polar surface area (TPSA) is 81.8 Å². The van der Waals surface area contributed by atoms with E-state index in [1.165, 1.54) is 0 Å². The average Bonchev–Trinajstić information content (AvgIpc) is 3.59. The van der Waals surface area contributed by atoms with Crippen LogP contribution in [0.3, 0.4) is 0 Å². The zero-order valence-electron chi connectivity index (χ0n) is 19.5. The van der Waals surface area contributed by atoms with Crippen molar-refractivity contribution in [2.24, 2.45) is 5.16 Å². The number of rotatable bonds is 7. The monoisotopic (exact) mass is 479 g/mol. The van der Waals surface area contributed by atoms with E-state index in [9.17, 15) is 4.79 Å². The van der Waals surface area contributed by atoms with Gasteiger partial charge in [0.1, 0.15) is 24.6 Å². The summed E-state index contributed by atoms with van der Waals surface area (Å²) in [7, 11) is 0. The maximum atomic E-state index is 12.7. The number of benzene rings is 1. The lowest BCUT2D eigenvalue weighted by Gasteiger charge is -2.31. The molecule has 1 saturated heterocycles. The third-order valence-corrected chi connectivity index (χ3v) is 7.32. The van der Waals surface area contributed by atoms with Crippen LogP contribution in [0.15, 0.2) is 46.9 Å². The molecule has 8 nitrogen and oxygen atoms in total. The number of amides is 1. The standard InChI is InChI=1S/C25H29N5O3S/c1-17-12-18(2)30(27-17)14-24(31)29-10-8-19(9-11-29)25-26-23(16-34-25)22-13-21(33-28-22)15-32-20-6-4-3-5-7-20/h3-7,12,16,19,21H,8-11,13-15H2,1-2H3. The first-order valence-corrected chi connectivity index (χ1v) is 12.6. The van der Waals surface area contributed by atoms with Gasteiger partial charge in [-0.05, 0) is 44.9 Å². The molecule has 178 valence electrons. The van der Waals surface area contributed by atoms with E-state index in [2.05, 4.69) is 15.6 Å². The highest BCUT2D eigenvalue weighted by molar-refractivity contribution is 7.10. The van der Waals surface area contributed by atoms with Crippen molar-refractivity contribution in [1.29, 1.82) is 0 Å². The first kappa shape index (κ1) is 22.6. The number of likely N-dealkylation sites (tertiary alicyclic amines) is 1. The summed E-state index contributed by atoms with van der Waals surface area (Å²) in [4.78, 5) is 25.1. The molecule has 0 N–H and O–H groups in total. The largest absolute Gasteiger partial charge is 0.490 e. The minimum atomic E-state index is -0.100. The van der Waals surface area contributed by atoms with E-state index >= 15 is 0 Å². The Kier molecular flexibility index (Phi) is 6.62. The Balaban J connectivity index is 1.10. The van der Waals surface area contributed by atoms with Gasteiger partial charge in [0.15, 0.2) is 6.10 Å². The highest BCUT2D eigenvalue weighted by atomic mass is 32.1. The van der Waals surface area contributed by atoms with Crippen molar-refractivity contribution < 1.29 is 14.4 Å². The van der Waals surface area contributed by atoms with Gasteiger partial charge in [-0.2, -0.15) is 5.10 Å². The average molecular weight is 480 g/mol. The van der Waals surface area contributed by atoms with E-state index in [0.29, 0.717) is 25.5 Å². The maximum absolute atomic E-state index is 12.7. The third-order valence-electron chi connectivity index (χ3n) is 6.31. The molecule has 0 radical (unpaired) electrons. The van der Waals surface area contributed by atoms with Gasteiger partial charge >= 0.3 is 0 Å². The molecule has 1 unspecified atom stereocenters. The molecule has 5 rings (SSSR count). The van der Waals surface area contributed by atoms with Crippen LogP contribution < -0.4 is 4.74 Å². The summed E-state index contributed by atoms with van der Waals surface area (Å²) in [5, 5.41) is 11.9. The molecule has 34 heavy (non-hydrogen) atoms. The molecule has 1 amide bonds. The van der Waals surface area contributed by atoms with Crippen LogP contribution in [-0.4, -0.2) is 57.1 Å². The van der Waals surface area contributed by atoms with Gasteiger partial charge in [-0.3, -0.25) is 9.48 Å². The van der Waals surface area contributed by atoms with E-state index < -0.39 is 0 Å². The van der Waals surface area contributed by atoms with E-state index in [1.54, 1.807) is 16.0 Å². The minimum absolute atomic E-state index is 0.100. The van der Waals surface area contributed by atoms with Gasteiger partial charge in [0.25, 0.3) is 0 Å².